The van der Waals surface area contributed by atoms with Crippen molar-refractivity contribution in [3.63, 3.8) is 0 Å². The van der Waals surface area contributed by atoms with Crippen LogP contribution in [-0.2, 0) is 0 Å². The Hall–Kier alpha value is 0.270. The van der Waals surface area contributed by atoms with E-state index < -0.39 is 0 Å². The highest BCUT2D eigenvalue weighted by molar-refractivity contribution is 8.00. The molecule has 1 aliphatic rings. The van der Waals surface area contributed by atoms with Crippen molar-refractivity contribution in [1.29, 1.82) is 0 Å². The molecule has 1 N–H and O–H groups in total. The maximum atomic E-state index is 3.62. The fourth-order valence-electron chi connectivity index (χ4n) is 2.52. The molecule has 18 heavy (non-hydrogen) atoms. The van der Waals surface area contributed by atoms with Gasteiger partial charge in [0.05, 0.1) is 0 Å². The standard InChI is InChI=1S/C15H32N2S/c1-6-7-14(12-16-13(2)3)17-9-8-15(4,5)18-11-10-17/h13-14,16H,6-12H2,1-5H3. The van der Waals surface area contributed by atoms with Crippen LogP contribution in [0.1, 0.15) is 53.9 Å². The molecule has 1 saturated heterocycles. The van der Waals surface area contributed by atoms with Gasteiger partial charge in [0.2, 0.25) is 0 Å². The molecule has 1 atom stereocenters. The van der Waals surface area contributed by atoms with E-state index in [1.165, 1.54) is 38.1 Å². The molecule has 0 aromatic rings. The van der Waals surface area contributed by atoms with Crippen molar-refractivity contribution < 1.29 is 0 Å². The molecule has 1 unspecified atom stereocenters. The first kappa shape index (κ1) is 16.3. The average Bonchev–Trinajstić information content (AvgIpc) is 2.45. The molecular weight excluding hydrogens is 240 g/mol. The Balaban J connectivity index is 2.50. The van der Waals surface area contributed by atoms with Crippen LogP contribution in [0.25, 0.3) is 0 Å². The van der Waals surface area contributed by atoms with E-state index in [1.807, 2.05) is 0 Å². The van der Waals surface area contributed by atoms with Crippen LogP contribution in [0, 0.1) is 0 Å². The Kier molecular flexibility index (Phi) is 7.04. The summed E-state index contributed by atoms with van der Waals surface area (Å²) in [7, 11) is 0. The molecule has 0 aromatic carbocycles. The van der Waals surface area contributed by atoms with E-state index in [0.717, 1.165) is 12.6 Å². The van der Waals surface area contributed by atoms with Gasteiger partial charge in [-0.15, -0.1) is 0 Å². The van der Waals surface area contributed by atoms with Crippen molar-refractivity contribution in [3.8, 4) is 0 Å². The normalized spacial score (nSPS) is 23.0. The first-order valence-corrected chi connectivity index (χ1v) is 8.54. The largest absolute Gasteiger partial charge is 0.313 e. The number of hydrogen-bond acceptors (Lipinski definition) is 3. The maximum Gasteiger partial charge on any atom is 0.0220 e. The van der Waals surface area contributed by atoms with E-state index in [9.17, 15) is 0 Å². The lowest BCUT2D eigenvalue weighted by Crippen LogP contribution is -2.45. The molecule has 0 radical (unpaired) electrons. The SMILES string of the molecule is CCCC(CNC(C)C)N1CCSC(C)(C)CC1. The third-order valence-corrected chi connectivity index (χ3v) is 5.14. The van der Waals surface area contributed by atoms with Gasteiger partial charge in [-0.1, -0.05) is 41.0 Å². The second-order valence-electron chi connectivity index (χ2n) is 6.40. The highest BCUT2D eigenvalue weighted by Gasteiger charge is 2.26. The Morgan fingerprint density at radius 1 is 1.28 bits per heavy atom. The Morgan fingerprint density at radius 3 is 2.61 bits per heavy atom. The monoisotopic (exact) mass is 272 g/mol. The summed E-state index contributed by atoms with van der Waals surface area (Å²) in [6.45, 7) is 15.2. The van der Waals surface area contributed by atoms with Crippen molar-refractivity contribution in [1.82, 2.24) is 10.2 Å². The van der Waals surface area contributed by atoms with Crippen LogP contribution < -0.4 is 5.32 Å². The van der Waals surface area contributed by atoms with Crippen molar-refractivity contribution in [2.75, 3.05) is 25.4 Å². The van der Waals surface area contributed by atoms with E-state index in [2.05, 4.69) is 56.6 Å². The Morgan fingerprint density at radius 2 is 2.00 bits per heavy atom. The summed E-state index contributed by atoms with van der Waals surface area (Å²) in [6, 6.07) is 1.33. The number of thioether (sulfide) groups is 1. The van der Waals surface area contributed by atoms with Gasteiger partial charge in [0.15, 0.2) is 0 Å². The fourth-order valence-corrected chi connectivity index (χ4v) is 3.63. The third kappa shape index (κ3) is 5.94. The van der Waals surface area contributed by atoms with E-state index in [1.54, 1.807) is 0 Å². The first-order valence-electron chi connectivity index (χ1n) is 7.56. The van der Waals surface area contributed by atoms with Crippen LogP contribution in [-0.4, -0.2) is 47.1 Å². The summed E-state index contributed by atoms with van der Waals surface area (Å²) in [4.78, 5) is 2.72. The molecule has 0 spiro atoms. The molecule has 1 heterocycles. The maximum absolute atomic E-state index is 3.62. The predicted octanol–water partition coefficient (Wildman–Crippen LogP) is 3.37. The lowest BCUT2D eigenvalue weighted by molar-refractivity contribution is 0.186. The Bertz CT molecular complexity index is 229. The third-order valence-electron chi connectivity index (χ3n) is 3.77. The van der Waals surface area contributed by atoms with E-state index >= 15 is 0 Å². The predicted molar refractivity (Wildman–Crippen MR) is 84.6 cm³/mol. The van der Waals surface area contributed by atoms with Gasteiger partial charge in [-0.25, -0.2) is 0 Å². The van der Waals surface area contributed by atoms with Crippen LogP contribution in [0.15, 0.2) is 0 Å². The molecule has 1 aliphatic heterocycles. The van der Waals surface area contributed by atoms with Crippen LogP contribution in [0.2, 0.25) is 0 Å². The average molecular weight is 273 g/mol. The molecule has 0 amide bonds. The molecule has 108 valence electrons. The summed E-state index contributed by atoms with van der Waals surface area (Å²) in [5.41, 5.74) is 0. The van der Waals surface area contributed by atoms with Gasteiger partial charge < -0.3 is 5.32 Å². The van der Waals surface area contributed by atoms with Gasteiger partial charge in [0, 0.05) is 35.7 Å². The molecule has 0 saturated carbocycles. The van der Waals surface area contributed by atoms with Crippen LogP contribution in [0.5, 0.6) is 0 Å². The lowest BCUT2D eigenvalue weighted by atomic mass is 10.1. The summed E-state index contributed by atoms with van der Waals surface area (Å²) in [5, 5.41) is 3.62. The van der Waals surface area contributed by atoms with Gasteiger partial charge in [-0.2, -0.15) is 11.8 Å². The first-order chi connectivity index (χ1) is 8.44. The van der Waals surface area contributed by atoms with Crippen LogP contribution in [0.4, 0.5) is 0 Å². The molecule has 3 heteroatoms. The van der Waals surface area contributed by atoms with Gasteiger partial charge in [0.1, 0.15) is 0 Å². The minimum absolute atomic E-state index is 0.469. The number of hydrogen-bond donors (Lipinski definition) is 1. The molecule has 0 aromatic heterocycles. The Labute approximate surface area is 118 Å². The van der Waals surface area contributed by atoms with E-state index in [0.29, 0.717) is 10.8 Å². The lowest BCUT2D eigenvalue weighted by Gasteiger charge is -2.31. The van der Waals surface area contributed by atoms with Gasteiger partial charge in [-0.3, -0.25) is 4.90 Å². The van der Waals surface area contributed by atoms with Gasteiger partial charge in [-0.05, 0) is 19.4 Å². The molecule has 2 nitrogen and oxygen atoms in total. The molecular formula is C15H32N2S. The van der Waals surface area contributed by atoms with E-state index in [4.69, 9.17) is 0 Å². The zero-order valence-corrected chi connectivity index (χ0v) is 13.8. The minimum Gasteiger partial charge on any atom is -0.313 e. The topological polar surface area (TPSA) is 15.3 Å². The summed E-state index contributed by atoms with van der Waals surface area (Å²) < 4.78 is 0.469. The summed E-state index contributed by atoms with van der Waals surface area (Å²) in [5.74, 6) is 1.29. The number of nitrogens with zero attached hydrogens (tertiary/aromatic N) is 1. The zero-order valence-electron chi connectivity index (χ0n) is 13.0. The van der Waals surface area contributed by atoms with Crippen molar-refractivity contribution >= 4 is 11.8 Å². The zero-order chi connectivity index (χ0) is 13.6. The number of rotatable bonds is 6. The van der Waals surface area contributed by atoms with Crippen LogP contribution in [0.3, 0.4) is 0 Å². The molecule has 1 rings (SSSR count). The summed E-state index contributed by atoms with van der Waals surface area (Å²) >= 11 is 2.14. The molecule has 1 fully saturated rings. The van der Waals surface area contributed by atoms with Crippen molar-refractivity contribution in [2.24, 2.45) is 0 Å². The van der Waals surface area contributed by atoms with E-state index in [-0.39, 0.29) is 0 Å². The minimum atomic E-state index is 0.469. The second-order valence-corrected chi connectivity index (χ2v) is 8.20. The quantitative estimate of drug-likeness (QED) is 0.798. The van der Waals surface area contributed by atoms with Crippen LogP contribution >= 0.6 is 11.8 Å². The summed E-state index contributed by atoms with van der Waals surface area (Å²) in [6.07, 6.45) is 3.93. The number of nitrogens with one attached hydrogen (secondary N) is 1. The highest BCUT2D eigenvalue weighted by Crippen LogP contribution is 2.31. The highest BCUT2D eigenvalue weighted by atomic mass is 32.2. The second kappa shape index (κ2) is 7.76. The van der Waals surface area contributed by atoms with Gasteiger partial charge in [0.25, 0.3) is 0 Å². The van der Waals surface area contributed by atoms with Gasteiger partial charge >= 0.3 is 0 Å². The fraction of sp³-hybridized carbons (Fsp3) is 1.00. The van der Waals surface area contributed by atoms with Crippen molar-refractivity contribution in [2.45, 2.75) is 70.7 Å². The van der Waals surface area contributed by atoms with Crippen molar-refractivity contribution in [3.05, 3.63) is 0 Å². The smallest absolute Gasteiger partial charge is 0.0220 e. The molecule has 0 bridgehead atoms. The molecule has 0 aliphatic carbocycles.